The minimum atomic E-state index is 0.149. The number of carbonyl (C=O) groups is 1. The fourth-order valence-electron chi connectivity index (χ4n) is 2.48. The van der Waals surface area contributed by atoms with Gasteiger partial charge in [-0.15, -0.1) is 11.6 Å². The number of amides is 1. The van der Waals surface area contributed by atoms with Gasteiger partial charge in [0.2, 0.25) is 0 Å². The van der Waals surface area contributed by atoms with Gasteiger partial charge in [0.25, 0.3) is 5.91 Å². The van der Waals surface area contributed by atoms with Crippen LogP contribution in [-0.2, 0) is 0 Å². The summed E-state index contributed by atoms with van der Waals surface area (Å²) >= 11 is 5.78. The molecule has 1 amide bonds. The molecule has 0 saturated carbocycles. The van der Waals surface area contributed by atoms with E-state index in [9.17, 15) is 4.79 Å². The molecular weight excluding hydrogens is 260 g/mol. The second-order valence-corrected chi connectivity index (χ2v) is 5.42. The molecule has 1 aliphatic heterocycles. The third-order valence-corrected chi connectivity index (χ3v) is 3.71. The number of hydrogen-bond acceptors (Lipinski definition) is 2. The highest BCUT2D eigenvalue weighted by Gasteiger charge is 2.19. The van der Waals surface area contributed by atoms with Gasteiger partial charge in [-0.3, -0.25) is 4.79 Å². The Kier molecular flexibility index (Phi) is 5.23. The van der Waals surface area contributed by atoms with Crippen molar-refractivity contribution in [3.8, 4) is 0 Å². The van der Waals surface area contributed by atoms with Gasteiger partial charge in [-0.2, -0.15) is 0 Å². The fourth-order valence-corrected chi connectivity index (χ4v) is 2.72. The van der Waals surface area contributed by atoms with Gasteiger partial charge in [-0.05, 0) is 32.0 Å². The van der Waals surface area contributed by atoms with E-state index in [1.54, 1.807) is 0 Å². The number of rotatable bonds is 3. The Balaban J connectivity index is 2.00. The van der Waals surface area contributed by atoms with Crippen LogP contribution in [0.3, 0.4) is 0 Å². The van der Waals surface area contributed by atoms with Crippen LogP contribution in [0.25, 0.3) is 0 Å². The van der Waals surface area contributed by atoms with Crippen LogP contribution in [0, 0.1) is 6.92 Å². The molecule has 104 valence electrons. The van der Waals surface area contributed by atoms with Crippen molar-refractivity contribution < 1.29 is 4.79 Å². The summed E-state index contributed by atoms with van der Waals surface area (Å²) < 4.78 is 0. The summed E-state index contributed by atoms with van der Waals surface area (Å²) in [7, 11) is 0. The van der Waals surface area contributed by atoms with E-state index in [4.69, 9.17) is 11.6 Å². The highest BCUT2D eigenvalue weighted by molar-refractivity contribution is 6.18. The Morgan fingerprint density at radius 3 is 2.84 bits per heavy atom. The Labute approximate surface area is 120 Å². The molecule has 1 heterocycles. The van der Waals surface area contributed by atoms with Crippen molar-refractivity contribution in [1.29, 1.82) is 0 Å². The number of aryl methyl sites for hydroxylation is 1. The van der Waals surface area contributed by atoms with Crippen LogP contribution < -0.4 is 0 Å². The third kappa shape index (κ3) is 3.95. The Morgan fingerprint density at radius 1 is 1.26 bits per heavy atom. The molecule has 0 bridgehead atoms. The van der Waals surface area contributed by atoms with E-state index in [1.807, 2.05) is 36.1 Å². The summed E-state index contributed by atoms with van der Waals surface area (Å²) in [6.45, 7) is 6.51. The lowest BCUT2D eigenvalue weighted by Crippen LogP contribution is -2.35. The molecule has 2 rings (SSSR count). The van der Waals surface area contributed by atoms with E-state index < -0.39 is 0 Å². The molecule has 0 unspecified atom stereocenters. The molecule has 1 fully saturated rings. The molecule has 0 radical (unpaired) electrons. The SMILES string of the molecule is Cc1cccc(C(=O)N2CCCN(CCCl)CC2)c1. The van der Waals surface area contributed by atoms with Gasteiger partial charge in [-0.1, -0.05) is 17.7 Å². The quantitative estimate of drug-likeness (QED) is 0.794. The molecule has 19 heavy (non-hydrogen) atoms. The minimum Gasteiger partial charge on any atom is -0.337 e. The van der Waals surface area contributed by atoms with Gasteiger partial charge in [-0.25, -0.2) is 0 Å². The fraction of sp³-hybridized carbons (Fsp3) is 0.533. The molecule has 3 nitrogen and oxygen atoms in total. The van der Waals surface area contributed by atoms with Crippen LogP contribution in [0.2, 0.25) is 0 Å². The van der Waals surface area contributed by atoms with Crippen LogP contribution in [0.5, 0.6) is 0 Å². The maximum atomic E-state index is 12.5. The lowest BCUT2D eigenvalue weighted by molar-refractivity contribution is 0.0761. The van der Waals surface area contributed by atoms with Crippen molar-refractivity contribution in [3.63, 3.8) is 0 Å². The third-order valence-electron chi connectivity index (χ3n) is 3.54. The Morgan fingerprint density at radius 2 is 2.11 bits per heavy atom. The van der Waals surface area contributed by atoms with E-state index in [0.29, 0.717) is 5.88 Å². The maximum absolute atomic E-state index is 12.5. The van der Waals surface area contributed by atoms with Crippen LogP contribution in [-0.4, -0.2) is 54.3 Å². The molecule has 4 heteroatoms. The largest absolute Gasteiger partial charge is 0.337 e. The van der Waals surface area contributed by atoms with Crippen molar-refractivity contribution >= 4 is 17.5 Å². The Hall–Kier alpha value is -1.06. The average molecular weight is 281 g/mol. The van der Waals surface area contributed by atoms with E-state index >= 15 is 0 Å². The van der Waals surface area contributed by atoms with Crippen LogP contribution in [0.4, 0.5) is 0 Å². The number of nitrogens with zero attached hydrogens (tertiary/aromatic N) is 2. The first kappa shape index (κ1) is 14.4. The van der Waals surface area contributed by atoms with Crippen molar-refractivity contribution in [3.05, 3.63) is 35.4 Å². The molecular formula is C15H21ClN2O. The average Bonchev–Trinajstić information content (AvgIpc) is 2.64. The van der Waals surface area contributed by atoms with Gasteiger partial charge < -0.3 is 9.80 Å². The van der Waals surface area contributed by atoms with E-state index in [0.717, 1.165) is 50.3 Å². The lowest BCUT2D eigenvalue weighted by atomic mass is 10.1. The molecule has 0 spiro atoms. The minimum absolute atomic E-state index is 0.149. The smallest absolute Gasteiger partial charge is 0.253 e. The number of halogens is 1. The molecule has 0 aromatic heterocycles. The summed E-state index contributed by atoms with van der Waals surface area (Å²) in [6, 6.07) is 7.82. The van der Waals surface area contributed by atoms with Gasteiger partial charge in [0.05, 0.1) is 0 Å². The summed E-state index contributed by atoms with van der Waals surface area (Å²) in [5.74, 6) is 0.808. The molecule has 0 N–H and O–H groups in total. The van der Waals surface area contributed by atoms with Crippen molar-refractivity contribution in [2.75, 3.05) is 38.6 Å². The highest BCUT2D eigenvalue weighted by atomic mass is 35.5. The zero-order chi connectivity index (χ0) is 13.7. The highest BCUT2D eigenvalue weighted by Crippen LogP contribution is 2.11. The number of alkyl halides is 1. The van der Waals surface area contributed by atoms with Crippen LogP contribution in [0.1, 0.15) is 22.3 Å². The lowest BCUT2D eigenvalue weighted by Gasteiger charge is -2.21. The first-order valence-electron chi connectivity index (χ1n) is 6.85. The normalized spacial score (nSPS) is 17.3. The van der Waals surface area contributed by atoms with E-state index in [-0.39, 0.29) is 5.91 Å². The standard InChI is InChI=1S/C15H21ClN2O/c1-13-4-2-5-14(12-13)15(19)18-8-3-7-17(9-6-16)10-11-18/h2,4-5,12H,3,6-11H2,1H3. The van der Waals surface area contributed by atoms with Gasteiger partial charge in [0, 0.05) is 37.6 Å². The van der Waals surface area contributed by atoms with Crippen LogP contribution in [0.15, 0.2) is 24.3 Å². The van der Waals surface area contributed by atoms with Gasteiger partial charge in [0.1, 0.15) is 0 Å². The van der Waals surface area contributed by atoms with Crippen molar-refractivity contribution in [2.45, 2.75) is 13.3 Å². The topological polar surface area (TPSA) is 23.6 Å². The maximum Gasteiger partial charge on any atom is 0.253 e. The van der Waals surface area contributed by atoms with E-state index in [2.05, 4.69) is 4.90 Å². The molecule has 1 aliphatic rings. The number of hydrogen-bond donors (Lipinski definition) is 0. The summed E-state index contributed by atoms with van der Waals surface area (Å²) in [6.07, 6.45) is 1.02. The monoisotopic (exact) mass is 280 g/mol. The first-order chi connectivity index (χ1) is 9.20. The predicted molar refractivity (Wildman–Crippen MR) is 78.9 cm³/mol. The van der Waals surface area contributed by atoms with Crippen LogP contribution >= 0.6 is 11.6 Å². The zero-order valence-electron chi connectivity index (χ0n) is 11.4. The van der Waals surface area contributed by atoms with Gasteiger partial charge in [0.15, 0.2) is 0 Å². The Bertz CT molecular complexity index is 436. The van der Waals surface area contributed by atoms with Crippen molar-refractivity contribution in [2.24, 2.45) is 0 Å². The first-order valence-corrected chi connectivity index (χ1v) is 7.38. The number of benzene rings is 1. The number of carbonyl (C=O) groups excluding carboxylic acids is 1. The van der Waals surface area contributed by atoms with E-state index in [1.165, 1.54) is 0 Å². The molecule has 1 aromatic rings. The zero-order valence-corrected chi connectivity index (χ0v) is 12.2. The van der Waals surface area contributed by atoms with Gasteiger partial charge >= 0.3 is 0 Å². The summed E-state index contributed by atoms with van der Waals surface area (Å²) in [5, 5.41) is 0. The summed E-state index contributed by atoms with van der Waals surface area (Å²) in [5.41, 5.74) is 1.93. The molecule has 0 atom stereocenters. The second-order valence-electron chi connectivity index (χ2n) is 5.05. The molecule has 1 saturated heterocycles. The molecule has 1 aromatic carbocycles. The second kappa shape index (κ2) is 6.92. The van der Waals surface area contributed by atoms with Crippen molar-refractivity contribution in [1.82, 2.24) is 9.80 Å². The molecule has 0 aliphatic carbocycles. The summed E-state index contributed by atoms with van der Waals surface area (Å²) in [4.78, 5) is 16.7. The predicted octanol–water partition coefficient (Wildman–Crippen LogP) is 2.38.